The maximum atomic E-state index is 15.6. The number of ether oxygens (including phenoxy) is 6. The van der Waals surface area contributed by atoms with Gasteiger partial charge in [-0.15, -0.1) is 0 Å². The number of fused-ring (bicyclic) bond motifs is 5. The number of carbonyl (C=O) groups excluding carboxylic acids is 6. The third-order valence-corrected chi connectivity index (χ3v) is 13.7. The number of carbonyl (C=O) groups is 6. The number of aliphatic hydroxyl groups excluding tert-OH is 1. The second-order valence-electron chi connectivity index (χ2n) is 17.6. The first kappa shape index (κ1) is 45.3. The molecule has 2 bridgehead atoms. The van der Waals surface area contributed by atoms with Gasteiger partial charge in [0.2, 0.25) is 0 Å². The van der Waals surface area contributed by atoms with Crippen molar-refractivity contribution in [2.24, 2.45) is 16.7 Å². The maximum absolute atomic E-state index is 15.6. The standard InChI is InChI=1S/C48H53NO14/c1-26-32(61-44(56)38(58-7)36(29-17-11-8-12-18-29)49-42(54)30-19-13-9-14-20-30)24-48(57)41(62-43(55)31-21-15-10-16-22-31)39-46(6,33(52)23-34-47(39,25-59-34)63-28(3)51)40(53)37(60-27(2)50)35(26)45(48,4)5/h8-22,32-34,36-39,41,52,57H,23-25H2,1-7H3,(H,49,54)/t32-,33-,34+,36-,37?,38+,39-,41-,46+,47-,48+/m0/s1. The first-order chi connectivity index (χ1) is 29.8. The van der Waals surface area contributed by atoms with Crippen LogP contribution in [0.5, 0.6) is 0 Å². The molecule has 0 aromatic heterocycles. The normalized spacial score (nSPS) is 31.5. The van der Waals surface area contributed by atoms with E-state index in [0.29, 0.717) is 11.1 Å². The van der Waals surface area contributed by atoms with Crippen molar-refractivity contribution >= 4 is 35.6 Å². The average Bonchev–Trinajstić information content (AvgIpc) is 3.25. The second kappa shape index (κ2) is 17.1. The fourth-order valence-corrected chi connectivity index (χ4v) is 10.4. The number of rotatable bonds is 11. The highest BCUT2D eigenvalue weighted by Gasteiger charge is 2.78. The minimum atomic E-state index is -2.35. The lowest BCUT2D eigenvalue weighted by atomic mass is 9.44. The number of amides is 1. The summed E-state index contributed by atoms with van der Waals surface area (Å²) in [6.07, 6.45) is -9.71. The van der Waals surface area contributed by atoms with E-state index in [-0.39, 0.29) is 29.7 Å². The summed E-state index contributed by atoms with van der Waals surface area (Å²) < 4.78 is 36.4. The molecule has 1 unspecified atom stereocenters. The predicted molar refractivity (Wildman–Crippen MR) is 222 cm³/mol. The van der Waals surface area contributed by atoms with Gasteiger partial charge in [0.15, 0.2) is 23.6 Å². The molecule has 1 saturated heterocycles. The van der Waals surface area contributed by atoms with Crippen molar-refractivity contribution in [3.05, 3.63) is 119 Å². The molecule has 3 fully saturated rings. The van der Waals surface area contributed by atoms with Gasteiger partial charge in [-0.05, 0) is 54.8 Å². The van der Waals surface area contributed by atoms with Gasteiger partial charge in [-0.2, -0.15) is 0 Å². The molecule has 1 amide bonds. The molecule has 4 aliphatic rings. The lowest BCUT2D eigenvalue weighted by Crippen LogP contribution is -2.82. The monoisotopic (exact) mass is 867 g/mol. The van der Waals surface area contributed by atoms with Gasteiger partial charge >= 0.3 is 23.9 Å². The molecule has 1 heterocycles. The highest BCUT2D eigenvalue weighted by molar-refractivity contribution is 5.96. The number of hydrogen-bond donors (Lipinski definition) is 3. The van der Waals surface area contributed by atoms with Gasteiger partial charge in [0.1, 0.15) is 23.9 Å². The zero-order valence-corrected chi connectivity index (χ0v) is 36.2. The predicted octanol–water partition coefficient (Wildman–Crippen LogP) is 4.39. The van der Waals surface area contributed by atoms with Crippen LogP contribution in [-0.2, 0) is 47.6 Å². The summed E-state index contributed by atoms with van der Waals surface area (Å²) in [6, 6.07) is 23.9. The lowest BCUT2D eigenvalue weighted by molar-refractivity contribution is -0.346. The number of hydrogen-bond acceptors (Lipinski definition) is 14. The smallest absolute Gasteiger partial charge is 0.338 e. The molecule has 7 rings (SSSR count). The Labute approximate surface area is 365 Å². The van der Waals surface area contributed by atoms with Crippen molar-refractivity contribution in [1.82, 2.24) is 5.32 Å². The van der Waals surface area contributed by atoms with Crippen LogP contribution in [0.25, 0.3) is 0 Å². The van der Waals surface area contributed by atoms with E-state index >= 15 is 4.79 Å². The number of Topliss-reactive ketones (excluding diaryl/α,β-unsaturated/α-hetero) is 1. The van der Waals surface area contributed by atoms with Crippen LogP contribution in [0.2, 0.25) is 0 Å². The molecule has 1 aliphatic heterocycles. The van der Waals surface area contributed by atoms with Crippen LogP contribution in [0.1, 0.15) is 86.7 Å². The third kappa shape index (κ3) is 7.64. The van der Waals surface area contributed by atoms with E-state index in [1.807, 2.05) is 0 Å². The molecule has 63 heavy (non-hydrogen) atoms. The first-order valence-electron chi connectivity index (χ1n) is 20.9. The summed E-state index contributed by atoms with van der Waals surface area (Å²) in [5, 5.41) is 28.8. The highest BCUT2D eigenvalue weighted by Crippen LogP contribution is 2.64. The fraction of sp³-hybridized carbons (Fsp3) is 0.458. The van der Waals surface area contributed by atoms with Crippen molar-refractivity contribution in [3.8, 4) is 0 Å². The second-order valence-corrected chi connectivity index (χ2v) is 17.6. The van der Waals surface area contributed by atoms with Crippen molar-refractivity contribution in [3.63, 3.8) is 0 Å². The topological polar surface area (TPSA) is 210 Å². The minimum absolute atomic E-state index is 0.0429. The Morgan fingerprint density at radius 1 is 0.825 bits per heavy atom. The van der Waals surface area contributed by atoms with Gasteiger partial charge in [0.25, 0.3) is 5.91 Å². The highest BCUT2D eigenvalue weighted by atomic mass is 16.6. The van der Waals surface area contributed by atoms with Gasteiger partial charge in [0.05, 0.1) is 35.6 Å². The SMILES string of the molecule is CO[C@@H](C(=O)O[C@H]1C[C@@]2(O)[C@@H](OC(=O)c3ccccc3)[C@@H]3[C@]4(OC(C)=O)CO[C@@H]4C[C@H](O)[C@@]3(C)C(=O)C(OC(C)=O)C(=C1C)C2(C)C)[C@@H](NC(=O)c1ccccc1)c1ccccc1. The van der Waals surface area contributed by atoms with Gasteiger partial charge < -0.3 is 44.0 Å². The Balaban J connectivity index is 1.40. The van der Waals surface area contributed by atoms with Crippen molar-refractivity contribution < 1.29 is 67.4 Å². The Morgan fingerprint density at radius 3 is 1.95 bits per heavy atom. The zero-order chi connectivity index (χ0) is 45.6. The average molecular weight is 868 g/mol. The number of ketones is 1. The summed E-state index contributed by atoms with van der Waals surface area (Å²) in [5.74, 6) is -6.38. The molecule has 0 spiro atoms. The van der Waals surface area contributed by atoms with Crippen LogP contribution in [0, 0.1) is 16.7 Å². The van der Waals surface area contributed by atoms with Gasteiger partial charge in [-0.25, -0.2) is 9.59 Å². The molecular formula is C48H53NO14. The summed E-state index contributed by atoms with van der Waals surface area (Å²) in [5.41, 5.74) is -6.58. The third-order valence-electron chi connectivity index (χ3n) is 13.7. The van der Waals surface area contributed by atoms with E-state index < -0.39 is 113 Å². The van der Waals surface area contributed by atoms with E-state index in [2.05, 4.69) is 5.32 Å². The Hall–Kier alpha value is -5.74. The summed E-state index contributed by atoms with van der Waals surface area (Å²) >= 11 is 0. The van der Waals surface area contributed by atoms with Gasteiger partial charge in [-0.3, -0.25) is 19.2 Å². The van der Waals surface area contributed by atoms with Crippen LogP contribution in [0.3, 0.4) is 0 Å². The molecule has 0 radical (unpaired) electrons. The summed E-state index contributed by atoms with van der Waals surface area (Å²) in [4.78, 5) is 84.2. The van der Waals surface area contributed by atoms with Crippen LogP contribution in [0.4, 0.5) is 0 Å². The molecule has 11 atom stereocenters. The molecule has 3 aromatic carbocycles. The number of methoxy groups -OCH3 is 1. The molecule has 3 aliphatic carbocycles. The lowest BCUT2D eigenvalue weighted by Gasteiger charge is -2.67. The molecule has 2 saturated carbocycles. The Kier molecular flexibility index (Phi) is 12.3. The first-order valence-corrected chi connectivity index (χ1v) is 20.9. The van der Waals surface area contributed by atoms with Crippen molar-refractivity contribution in [2.75, 3.05) is 13.7 Å². The molecule has 15 heteroatoms. The molecular weight excluding hydrogens is 815 g/mol. The van der Waals surface area contributed by atoms with Crippen LogP contribution >= 0.6 is 0 Å². The Bertz CT molecular complexity index is 2300. The van der Waals surface area contributed by atoms with Crippen LogP contribution in [-0.4, -0.2) is 107 Å². The van der Waals surface area contributed by atoms with Gasteiger partial charge in [-0.1, -0.05) is 80.6 Å². The fourth-order valence-electron chi connectivity index (χ4n) is 10.4. The van der Waals surface area contributed by atoms with E-state index in [0.717, 1.165) is 6.92 Å². The van der Waals surface area contributed by atoms with Crippen molar-refractivity contribution in [1.29, 1.82) is 0 Å². The largest absolute Gasteiger partial charge is 0.456 e. The summed E-state index contributed by atoms with van der Waals surface area (Å²) in [7, 11) is 1.28. The van der Waals surface area contributed by atoms with Crippen molar-refractivity contribution in [2.45, 2.75) is 108 Å². The van der Waals surface area contributed by atoms with E-state index in [9.17, 15) is 34.2 Å². The van der Waals surface area contributed by atoms with E-state index in [1.54, 1.807) is 99.6 Å². The minimum Gasteiger partial charge on any atom is -0.456 e. The number of aliphatic hydroxyl groups is 2. The van der Waals surface area contributed by atoms with Gasteiger partial charge in [0, 0.05) is 44.8 Å². The van der Waals surface area contributed by atoms with Crippen LogP contribution in [0.15, 0.2) is 102 Å². The number of benzene rings is 3. The molecule has 3 N–H and O–H groups in total. The molecule has 334 valence electrons. The molecule has 3 aromatic rings. The summed E-state index contributed by atoms with van der Waals surface area (Å²) in [6.45, 7) is 8.16. The molecule has 15 nitrogen and oxygen atoms in total. The quantitative estimate of drug-likeness (QED) is 0.139. The maximum Gasteiger partial charge on any atom is 0.338 e. The zero-order valence-electron chi connectivity index (χ0n) is 36.2. The van der Waals surface area contributed by atoms with E-state index in [1.165, 1.54) is 33.1 Å². The Morgan fingerprint density at radius 2 is 1.41 bits per heavy atom. The van der Waals surface area contributed by atoms with E-state index in [4.69, 9.17) is 28.4 Å². The number of esters is 4. The van der Waals surface area contributed by atoms with Crippen LogP contribution < -0.4 is 5.32 Å². The number of nitrogens with one attached hydrogen (secondary N) is 1.